The predicted octanol–water partition coefficient (Wildman–Crippen LogP) is 2.08. The lowest BCUT2D eigenvalue weighted by Crippen LogP contribution is -2.33. The van der Waals surface area contributed by atoms with Crippen molar-refractivity contribution >= 4 is 11.6 Å². The fourth-order valence-electron chi connectivity index (χ4n) is 2.25. The van der Waals surface area contributed by atoms with Crippen molar-refractivity contribution in [3.05, 3.63) is 70.5 Å². The second-order valence-electron chi connectivity index (χ2n) is 5.55. The summed E-state index contributed by atoms with van der Waals surface area (Å²) in [6.07, 6.45) is 3.26. The maximum Gasteiger partial charge on any atom is 0.267 e. The maximum atomic E-state index is 13.6. The molecule has 8 heteroatoms. The fourth-order valence-corrected chi connectivity index (χ4v) is 2.25. The van der Waals surface area contributed by atoms with Gasteiger partial charge in [0.2, 0.25) is 5.91 Å². The van der Waals surface area contributed by atoms with E-state index in [1.165, 1.54) is 22.9 Å². The van der Waals surface area contributed by atoms with E-state index in [0.717, 1.165) is 4.68 Å². The molecule has 0 unspecified atom stereocenters. The average Bonchev–Trinajstić information content (AvgIpc) is 3.12. The topological polar surface area (TPSA) is 81.8 Å². The molecule has 0 radical (unpaired) electrons. The number of aromatic nitrogens is 4. The standard InChI is InChI=1S/C17H16FN5O2/c1-11-4-5-13(10-14(11)18)20-17(25)12(2)23-16(24)7-6-15(21-23)22-9-3-8-19-22/h3-10,12H,1-2H3,(H,20,25)/t12-/m1/s1. The van der Waals surface area contributed by atoms with Crippen molar-refractivity contribution in [2.75, 3.05) is 5.32 Å². The number of halogens is 1. The van der Waals surface area contributed by atoms with Crippen LogP contribution in [0.5, 0.6) is 0 Å². The van der Waals surface area contributed by atoms with Crippen molar-refractivity contribution in [3.63, 3.8) is 0 Å². The Kier molecular flexibility index (Phi) is 4.42. The lowest BCUT2D eigenvalue weighted by Gasteiger charge is -2.15. The minimum Gasteiger partial charge on any atom is -0.324 e. The minimum absolute atomic E-state index is 0.316. The first-order valence-electron chi connectivity index (χ1n) is 7.62. The van der Waals surface area contributed by atoms with Crippen LogP contribution in [0.3, 0.4) is 0 Å². The number of nitrogens with one attached hydrogen (secondary N) is 1. The third-order valence-electron chi connectivity index (χ3n) is 3.74. The van der Waals surface area contributed by atoms with Gasteiger partial charge in [-0.2, -0.15) is 5.10 Å². The van der Waals surface area contributed by atoms with Crippen molar-refractivity contribution in [2.45, 2.75) is 19.9 Å². The molecule has 3 aromatic rings. The number of aryl methyl sites for hydroxylation is 1. The van der Waals surface area contributed by atoms with Gasteiger partial charge >= 0.3 is 0 Å². The van der Waals surface area contributed by atoms with E-state index in [2.05, 4.69) is 15.5 Å². The van der Waals surface area contributed by atoms with Gasteiger partial charge in [-0.05, 0) is 43.7 Å². The lowest BCUT2D eigenvalue weighted by molar-refractivity contribution is -0.119. The molecular formula is C17H16FN5O2. The van der Waals surface area contributed by atoms with Gasteiger partial charge in [0, 0.05) is 24.1 Å². The van der Waals surface area contributed by atoms with Crippen LogP contribution in [0, 0.1) is 12.7 Å². The molecule has 25 heavy (non-hydrogen) atoms. The second kappa shape index (κ2) is 6.68. The molecule has 0 fully saturated rings. The molecule has 0 aliphatic carbocycles. The molecule has 2 heterocycles. The van der Waals surface area contributed by atoms with E-state index in [1.807, 2.05) is 0 Å². The highest BCUT2D eigenvalue weighted by Crippen LogP contribution is 2.15. The van der Waals surface area contributed by atoms with E-state index in [4.69, 9.17) is 0 Å². The Morgan fingerprint density at radius 1 is 1.28 bits per heavy atom. The van der Waals surface area contributed by atoms with Crippen molar-refractivity contribution in [2.24, 2.45) is 0 Å². The van der Waals surface area contributed by atoms with Gasteiger partial charge in [0.15, 0.2) is 5.82 Å². The Balaban J connectivity index is 1.85. The Morgan fingerprint density at radius 3 is 2.76 bits per heavy atom. The van der Waals surface area contributed by atoms with E-state index in [9.17, 15) is 14.0 Å². The molecule has 3 rings (SSSR count). The van der Waals surface area contributed by atoms with Crippen molar-refractivity contribution < 1.29 is 9.18 Å². The zero-order valence-corrected chi connectivity index (χ0v) is 13.7. The summed E-state index contributed by atoms with van der Waals surface area (Å²) in [4.78, 5) is 24.5. The number of hydrogen-bond donors (Lipinski definition) is 1. The zero-order valence-electron chi connectivity index (χ0n) is 13.7. The van der Waals surface area contributed by atoms with Crippen molar-refractivity contribution in [3.8, 4) is 5.82 Å². The van der Waals surface area contributed by atoms with Gasteiger partial charge in [0.25, 0.3) is 5.56 Å². The summed E-state index contributed by atoms with van der Waals surface area (Å²) in [6, 6.07) is 8.07. The van der Waals surface area contributed by atoms with Crippen LogP contribution in [0.25, 0.3) is 5.82 Å². The molecule has 1 N–H and O–H groups in total. The molecule has 128 valence electrons. The highest BCUT2D eigenvalue weighted by atomic mass is 19.1. The lowest BCUT2D eigenvalue weighted by atomic mass is 10.2. The van der Waals surface area contributed by atoms with E-state index in [1.54, 1.807) is 44.4 Å². The third-order valence-corrected chi connectivity index (χ3v) is 3.74. The molecule has 1 amide bonds. The highest BCUT2D eigenvalue weighted by Gasteiger charge is 2.18. The maximum absolute atomic E-state index is 13.6. The summed E-state index contributed by atoms with van der Waals surface area (Å²) in [5.41, 5.74) is 0.376. The molecule has 0 aliphatic rings. The van der Waals surface area contributed by atoms with Gasteiger partial charge in [0.05, 0.1) is 0 Å². The number of benzene rings is 1. The van der Waals surface area contributed by atoms with Crippen LogP contribution in [-0.2, 0) is 4.79 Å². The quantitative estimate of drug-likeness (QED) is 0.788. The first kappa shape index (κ1) is 16.6. The third kappa shape index (κ3) is 3.47. The van der Waals surface area contributed by atoms with Crippen LogP contribution in [-0.4, -0.2) is 25.5 Å². The van der Waals surface area contributed by atoms with Crippen LogP contribution in [0.1, 0.15) is 18.5 Å². The summed E-state index contributed by atoms with van der Waals surface area (Å²) in [7, 11) is 0. The van der Waals surface area contributed by atoms with Gasteiger partial charge in [0.1, 0.15) is 11.9 Å². The van der Waals surface area contributed by atoms with Gasteiger partial charge < -0.3 is 5.32 Å². The Labute approximate surface area is 142 Å². The average molecular weight is 341 g/mol. The number of carbonyl (C=O) groups excluding carboxylic acids is 1. The SMILES string of the molecule is Cc1ccc(NC(=O)[C@@H](C)n2nc(-n3cccn3)ccc2=O)cc1F. The normalized spacial score (nSPS) is 12.0. The summed E-state index contributed by atoms with van der Waals surface area (Å²) >= 11 is 0. The van der Waals surface area contributed by atoms with Crippen LogP contribution in [0.4, 0.5) is 10.1 Å². The number of rotatable bonds is 4. The minimum atomic E-state index is -0.882. The summed E-state index contributed by atoms with van der Waals surface area (Å²) in [6.45, 7) is 3.18. The Morgan fingerprint density at radius 2 is 2.08 bits per heavy atom. The van der Waals surface area contributed by atoms with Gasteiger partial charge in [-0.1, -0.05) is 6.07 Å². The number of hydrogen-bond acceptors (Lipinski definition) is 4. The van der Waals surface area contributed by atoms with Gasteiger partial charge in [-0.25, -0.2) is 13.8 Å². The van der Waals surface area contributed by atoms with E-state index < -0.39 is 23.3 Å². The Hall–Kier alpha value is -3.29. The number of carbonyl (C=O) groups is 1. The second-order valence-corrected chi connectivity index (χ2v) is 5.55. The number of nitrogens with zero attached hydrogens (tertiary/aromatic N) is 4. The molecule has 0 bridgehead atoms. The molecule has 0 saturated carbocycles. The van der Waals surface area contributed by atoms with E-state index in [-0.39, 0.29) is 0 Å². The molecule has 0 spiro atoms. The largest absolute Gasteiger partial charge is 0.324 e. The first-order chi connectivity index (χ1) is 12.0. The highest BCUT2D eigenvalue weighted by molar-refractivity contribution is 5.93. The number of anilines is 1. The molecular weight excluding hydrogens is 325 g/mol. The molecule has 1 atom stereocenters. The Bertz CT molecular complexity index is 965. The molecule has 7 nitrogen and oxygen atoms in total. The van der Waals surface area contributed by atoms with Crippen LogP contribution >= 0.6 is 0 Å². The molecule has 2 aromatic heterocycles. The van der Waals surface area contributed by atoms with E-state index >= 15 is 0 Å². The van der Waals surface area contributed by atoms with Crippen molar-refractivity contribution in [1.29, 1.82) is 0 Å². The number of amides is 1. The summed E-state index contributed by atoms with van der Waals surface area (Å²) in [5, 5.41) is 10.8. The summed E-state index contributed by atoms with van der Waals surface area (Å²) < 4.78 is 16.1. The predicted molar refractivity (Wildman–Crippen MR) is 90.1 cm³/mol. The molecule has 0 saturated heterocycles. The van der Waals surface area contributed by atoms with E-state index in [0.29, 0.717) is 17.1 Å². The van der Waals surface area contributed by atoms with Crippen LogP contribution < -0.4 is 10.9 Å². The molecule has 1 aromatic carbocycles. The smallest absolute Gasteiger partial charge is 0.267 e. The fraction of sp³-hybridized carbons (Fsp3) is 0.176. The summed E-state index contributed by atoms with van der Waals surface area (Å²) in [5.74, 6) is -0.484. The van der Waals surface area contributed by atoms with Gasteiger partial charge in [-0.15, -0.1) is 5.10 Å². The van der Waals surface area contributed by atoms with Crippen molar-refractivity contribution in [1.82, 2.24) is 19.6 Å². The van der Waals surface area contributed by atoms with Crippen LogP contribution in [0.15, 0.2) is 53.6 Å². The zero-order chi connectivity index (χ0) is 18.0. The first-order valence-corrected chi connectivity index (χ1v) is 7.62. The molecule has 0 aliphatic heterocycles. The van der Waals surface area contributed by atoms with Gasteiger partial charge in [-0.3, -0.25) is 9.59 Å². The monoisotopic (exact) mass is 341 g/mol. The van der Waals surface area contributed by atoms with Crippen LogP contribution in [0.2, 0.25) is 0 Å².